The number of carboxylic acid groups (broad SMARTS) is 1. The summed E-state index contributed by atoms with van der Waals surface area (Å²) >= 11 is 1.24. The fourth-order valence-corrected chi connectivity index (χ4v) is 3.56. The maximum absolute atomic E-state index is 11.1. The van der Waals surface area contributed by atoms with Crippen LogP contribution in [0.4, 0.5) is 0 Å². The lowest BCUT2D eigenvalue weighted by molar-refractivity contribution is 0.0691. The fourth-order valence-electron chi connectivity index (χ4n) is 2.75. The van der Waals surface area contributed by atoms with Crippen LogP contribution >= 0.6 is 11.3 Å². The van der Waals surface area contributed by atoms with Crippen LogP contribution in [0.3, 0.4) is 0 Å². The zero-order valence-electron chi connectivity index (χ0n) is 15.9. The molecule has 0 bridgehead atoms. The van der Waals surface area contributed by atoms with Crippen LogP contribution in [0.5, 0.6) is 17.2 Å². The van der Waals surface area contributed by atoms with Crippen LogP contribution in [0.2, 0.25) is 0 Å². The largest absolute Gasteiger partial charge is 0.493 e. The van der Waals surface area contributed by atoms with Gasteiger partial charge in [0.15, 0.2) is 17.2 Å². The molecule has 1 heterocycles. The molecule has 146 valence electrons. The number of aryl methyl sites for hydroxylation is 2. The van der Waals surface area contributed by atoms with E-state index in [1.807, 2.05) is 38.1 Å². The summed E-state index contributed by atoms with van der Waals surface area (Å²) in [4.78, 5) is 15.3. The monoisotopic (exact) mass is 399 g/mol. The number of nitrogens with zero attached hydrogens (tertiary/aromatic N) is 1. The van der Waals surface area contributed by atoms with Crippen LogP contribution in [-0.4, -0.2) is 36.4 Å². The zero-order valence-corrected chi connectivity index (χ0v) is 16.7. The number of methoxy groups -OCH3 is 1. The molecule has 0 aliphatic rings. The summed E-state index contributed by atoms with van der Waals surface area (Å²) in [6.07, 6.45) is 0. The quantitative estimate of drug-likeness (QED) is 0.558. The molecule has 1 N–H and O–H groups in total. The molecule has 3 rings (SSSR count). The third-order valence-electron chi connectivity index (χ3n) is 4.07. The molecular weight excluding hydrogens is 378 g/mol. The van der Waals surface area contributed by atoms with E-state index in [4.69, 9.17) is 19.3 Å². The number of benzene rings is 2. The third kappa shape index (κ3) is 4.43. The average molecular weight is 399 g/mol. The lowest BCUT2D eigenvalue weighted by atomic mass is 10.1. The Morgan fingerprint density at radius 2 is 1.89 bits per heavy atom. The van der Waals surface area contributed by atoms with Gasteiger partial charge in [-0.3, -0.25) is 0 Å². The molecule has 0 saturated heterocycles. The molecule has 0 aliphatic heterocycles. The van der Waals surface area contributed by atoms with Crippen LogP contribution in [0, 0.1) is 13.8 Å². The van der Waals surface area contributed by atoms with Crippen molar-refractivity contribution in [3.05, 3.63) is 58.6 Å². The van der Waals surface area contributed by atoms with E-state index >= 15 is 0 Å². The van der Waals surface area contributed by atoms with Gasteiger partial charge >= 0.3 is 5.97 Å². The molecule has 0 radical (unpaired) electrons. The van der Waals surface area contributed by atoms with Crippen molar-refractivity contribution in [2.24, 2.45) is 0 Å². The summed E-state index contributed by atoms with van der Waals surface area (Å²) < 4.78 is 17.2. The summed E-state index contributed by atoms with van der Waals surface area (Å²) in [5.74, 6) is 0.826. The van der Waals surface area contributed by atoms with Gasteiger partial charge in [-0.2, -0.15) is 0 Å². The van der Waals surface area contributed by atoms with Gasteiger partial charge in [-0.1, -0.05) is 23.8 Å². The number of rotatable bonds is 8. The molecule has 1 aromatic heterocycles. The summed E-state index contributed by atoms with van der Waals surface area (Å²) in [7, 11) is 1.56. The van der Waals surface area contributed by atoms with E-state index in [-0.39, 0.29) is 5.69 Å². The van der Waals surface area contributed by atoms with Crippen LogP contribution in [0.1, 0.15) is 21.6 Å². The Bertz CT molecular complexity index is 983. The van der Waals surface area contributed by atoms with Crippen molar-refractivity contribution in [3.8, 4) is 27.8 Å². The molecule has 3 aromatic rings. The number of aromatic nitrogens is 1. The number of hydrogen-bond acceptors (Lipinski definition) is 6. The van der Waals surface area contributed by atoms with Crippen LogP contribution in [0.15, 0.2) is 41.8 Å². The fraction of sp³-hybridized carbons (Fsp3) is 0.238. The van der Waals surface area contributed by atoms with Crippen molar-refractivity contribution in [1.29, 1.82) is 0 Å². The normalized spacial score (nSPS) is 10.5. The number of hydrogen-bond donors (Lipinski definition) is 1. The number of para-hydroxylation sites is 1. The molecule has 2 aromatic carbocycles. The van der Waals surface area contributed by atoms with Gasteiger partial charge in [0.1, 0.15) is 24.0 Å². The van der Waals surface area contributed by atoms with Crippen molar-refractivity contribution in [2.45, 2.75) is 13.8 Å². The van der Waals surface area contributed by atoms with Gasteiger partial charge in [-0.15, -0.1) is 11.3 Å². The molecule has 7 heteroatoms. The highest BCUT2D eigenvalue weighted by molar-refractivity contribution is 7.13. The van der Waals surface area contributed by atoms with E-state index in [0.29, 0.717) is 35.3 Å². The Labute approximate surface area is 167 Å². The molecule has 0 amide bonds. The Balaban J connectivity index is 1.74. The van der Waals surface area contributed by atoms with E-state index in [0.717, 1.165) is 11.3 Å². The summed E-state index contributed by atoms with van der Waals surface area (Å²) in [6.45, 7) is 4.71. The number of thiazole rings is 1. The van der Waals surface area contributed by atoms with E-state index in [1.165, 1.54) is 22.3 Å². The first kappa shape index (κ1) is 19.7. The topological polar surface area (TPSA) is 77.9 Å². The van der Waals surface area contributed by atoms with Crippen molar-refractivity contribution in [2.75, 3.05) is 20.3 Å². The summed E-state index contributed by atoms with van der Waals surface area (Å²) in [5.41, 5.74) is 2.95. The molecule has 0 unspecified atom stereocenters. The van der Waals surface area contributed by atoms with Gasteiger partial charge < -0.3 is 19.3 Å². The smallest absolute Gasteiger partial charge is 0.355 e. The highest BCUT2D eigenvalue weighted by Gasteiger charge is 2.17. The van der Waals surface area contributed by atoms with Crippen LogP contribution < -0.4 is 14.2 Å². The van der Waals surface area contributed by atoms with Crippen LogP contribution in [0.25, 0.3) is 10.6 Å². The minimum atomic E-state index is -1.06. The maximum atomic E-state index is 11.1. The first-order chi connectivity index (χ1) is 13.5. The van der Waals surface area contributed by atoms with Gasteiger partial charge in [0, 0.05) is 5.38 Å². The Morgan fingerprint density at radius 3 is 2.57 bits per heavy atom. The second-order valence-electron chi connectivity index (χ2n) is 6.15. The first-order valence-electron chi connectivity index (χ1n) is 8.68. The van der Waals surface area contributed by atoms with Crippen molar-refractivity contribution < 1.29 is 24.1 Å². The van der Waals surface area contributed by atoms with Crippen molar-refractivity contribution in [1.82, 2.24) is 4.98 Å². The molecule has 6 nitrogen and oxygen atoms in total. The minimum Gasteiger partial charge on any atom is -0.493 e. The van der Waals surface area contributed by atoms with E-state index in [9.17, 15) is 4.79 Å². The number of carboxylic acids is 1. The lowest BCUT2D eigenvalue weighted by Gasteiger charge is -2.15. The van der Waals surface area contributed by atoms with Gasteiger partial charge in [0.05, 0.1) is 12.7 Å². The first-order valence-corrected chi connectivity index (χ1v) is 9.56. The third-order valence-corrected chi connectivity index (χ3v) is 4.95. The second-order valence-corrected chi connectivity index (χ2v) is 7.00. The average Bonchev–Trinajstić information content (AvgIpc) is 3.17. The predicted molar refractivity (Wildman–Crippen MR) is 108 cm³/mol. The zero-order chi connectivity index (χ0) is 20.1. The molecule has 28 heavy (non-hydrogen) atoms. The van der Waals surface area contributed by atoms with Gasteiger partial charge in [-0.25, -0.2) is 9.78 Å². The lowest BCUT2D eigenvalue weighted by Crippen LogP contribution is -2.10. The summed E-state index contributed by atoms with van der Waals surface area (Å²) in [5, 5.41) is 11.2. The van der Waals surface area contributed by atoms with Gasteiger partial charge in [0.25, 0.3) is 0 Å². The second kappa shape index (κ2) is 8.75. The Kier molecular flexibility index (Phi) is 6.16. The highest BCUT2D eigenvalue weighted by atomic mass is 32.1. The number of ether oxygens (including phenoxy) is 3. The van der Waals surface area contributed by atoms with Crippen molar-refractivity contribution >= 4 is 17.3 Å². The minimum absolute atomic E-state index is 0.00643. The van der Waals surface area contributed by atoms with Gasteiger partial charge in [-0.05, 0) is 37.6 Å². The molecule has 0 atom stereocenters. The molecule has 0 saturated carbocycles. The predicted octanol–water partition coefficient (Wildman–Crippen LogP) is 4.59. The number of aromatic carboxylic acids is 1. The molecule has 0 aliphatic carbocycles. The van der Waals surface area contributed by atoms with Gasteiger partial charge in [0.2, 0.25) is 0 Å². The SMILES string of the molecule is COc1cccc(-c2nc(C(=O)O)cs2)c1OCCOc1ccc(C)cc1C. The van der Waals surface area contributed by atoms with E-state index < -0.39 is 5.97 Å². The van der Waals surface area contributed by atoms with Crippen LogP contribution in [-0.2, 0) is 0 Å². The molecule has 0 fully saturated rings. The number of carbonyl (C=O) groups is 1. The molecule has 0 spiro atoms. The van der Waals surface area contributed by atoms with Crippen molar-refractivity contribution in [3.63, 3.8) is 0 Å². The molecular formula is C21H21NO5S. The maximum Gasteiger partial charge on any atom is 0.355 e. The van der Waals surface area contributed by atoms with E-state index in [1.54, 1.807) is 13.2 Å². The highest BCUT2D eigenvalue weighted by Crippen LogP contribution is 2.39. The standard InChI is InChI=1S/C21H21NO5S/c1-13-7-8-17(14(2)11-13)26-9-10-27-19-15(5-4-6-18(19)25-3)20-22-16(12-28-20)21(23)24/h4-8,11-12H,9-10H2,1-3H3,(H,23,24). The van der Waals surface area contributed by atoms with E-state index in [2.05, 4.69) is 11.1 Å². The Morgan fingerprint density at radius 1 is 1.11 bits per heavy atom. The Hall–Kier alpha value is -3.06. The summed E-state index contributed by atoms with van der Waals surface area (Å²) in [6, 6.07) is 11.4.